The first kappa shape index (κ1) is 19.3. The number of amides is 3. The van der Waals surface area contributed by atoms with Crippen molar-refractivity contribution in [3.8, 4) is 5.75 Å². The summed E-state index contributed by atoms with van der Waals surface area (Å²) in [4.78, 5) is 51.1. The fourth-order valence-electron chi connectivity index (χ4n) is 3.46. The fraction of sp³-hybridized carbons (Fsp3) is 0.238. The zero-order valence-corrected chi connectivity index (χ0v) is 16.9. The Labute approximate surface area is 175 Å². The average molecular weight is 457 g/mol. The van der Waals surface area contributed by atoms with Crippen molar-refractivity contribution >= 4 is 51.0 Å². The lowest BCUT2D eigenvalue weighted by Crippen LogP contribution is -2.28. The van der Waals surface area contributed by atoms with Gasteiger partial charge >= 0.3 is 5.97 Å². The Morgan fingerprint density at radius 2 is 1.45 bits per heavy atom. The second-order valence-corrected chi connectivity index (χ2v) is 7.84. The van der Waals surface area contributed by atoms with Crippen molar-refractivity contribution in [3.63, 3.8) is 0 Å². The summed E-state index contributed by atoms with van der Waals surface area (Å²) in [5, 5.41) is 0. The maximum Gasteiger partial charge on any atom is 0.316 e. The highest BCUT2D eigenvalue weighted by Crippen LogP contribution is 2.29. The molecular weight excluding hydrogens is 440 g/mol. The van der Waals surface area contributed by atoms with Crippen LogP contribution >= 0.6 is 15.9 Å². The Morgan fingerprint density at radius 3 is 2.07 bits per heavy atom. The summed E-state index contributed by atoms with van der Waals surface area (Å²) >= 11 is 3.36. The molecule has 0 unspecified atom stereocenters. The van der Waals surface area contributed by atoms with Gasteiger partial charge in [0.1, 0.15) is 5.75 Å². The molecule has 7 nitrogen and oxygen atoms in total. The van der Waals surface area contributed by atoms with Crippen LogP contribution in [-0.4, -0.2) is 30.2 Å². The van der Waals surface area contributed by atoms with Crippen LogP contribution in [0.25, 0.3) is 0 Å². The molecule has 0 aromatic heterocycles. The van der Waals surface area contributed by atoms with Gasteiger partial charge in [0.15, 0.2) is 0 Å². The van der Waals surface area contributed by atoms with Crippen LogP contribution in [0.5, 0.6) is 5.75 Å². The Bertz CT molecular complexity index is 971. The van der Waals surface area contributed by atoms with E-state index in [9.17, 15) is 19.2 Å². The van der Waals surface area contributed by atoms with Gasteiger partial charge in [0.2, 0.25) is 17.7 Å². The van der Waals surface area contributed by atoms with E-state index in [1.807, 2.05) is 24.3 Å². The van der Waals surface area contributed by atoms with Gasteiger partial charge in [-0.25, -0.2) is 0 Å². The predicted molar refractivity (Wildman–Crippen MR) is 108 cm³/mol. The highest BCUT2D eigenvalue weighted by Gasteiger charge is 2.36. The van der Waals surface area contributed by atoms with E-state index in [2.05, 4.69) is 15.9 Å². The molecule has 2 fully saturated rings. The van der Waals surface area contributed by atoms with Crippen molar-refractivity contribution in [2.75, 3.05) is 16.3 Å². The van der Waals surface area contributed by atoms with Crippen LogP contribution in [-0.2, 0) is 19.2 Å². The molecule has 0 bridgehead atoms. The van der Waals surface area contributed by atoms with Crippen LogP contribution < -0.4 is 14.5 Å². The minimum Gasteiger partial charge on any atom is -0.426 e. The number of rotatable bonds is 4. The van der Waals surface area contributed by atoms with Gasteiger partial charge in [0, 0.05) is 36.0 Å². The van der Waals surface area contributed by atoms with Crippen molar-refractivity contribution in [2.45, 2.75) is 19.3 Å². The number of imide groups is 1. The molecule has 0 saturated carbocycles. The lowest BCUT2D eigenvalue weighted by Gasteiger charge is -2.17. The molecule has 2 aromatic carbocycles. The minimum absolute atomic E-state index is 0.0871. The van der Waals surface area contributed by atoms with E-state index in [1.54, 1.807) is 17.0 Å². The van der Waals surface area contributed by atoms with Crippen molar-refractivity contribution in [2.24, 2.45) is 5.92 Å². The first-order valence-corrected chi connectivity index (χ1v) is 9.95. The van der Waals surface area contributed by atoms with E-state index in [4.69, 9.17) is 4.74 Å². The number of esters is 1. The van der Waals surface area contributed by atoms with E-state index < -0.39 is 11.9 Å². The first-order valence-electron chi connectivity index (χ1n) is 9.16. The van der Waals surface area contributed by atoms with Crippen LogP contribution in [0.1, 0.15) is 19.3 Å². The normalized spacial score (nSPS) is 19.2. The maximum absolute atomic E-state index is 12.5. The first-order chi connectivity index (χ1) is 13.9. The molecule has 2 aliphatic rings. The summed E-state index contributed by atoms with van der Waals surface area (Å²) in [5.74, 6) is -1.36. The third-order valence-electron chi connectivity index (χ3n) is 4.96. The number of hydrogen-bond donors (Lipinski definition) is 0. The molecule has 4 rings (SSSR count). The molecular formula is C21H17BrN2O5. The number of anilines is 2. The Hall–Kier alpha value is -3.00. The van der Waals surface area contributed by atoms with Crippen molar-refractivity contribution in [1.82, 2.24) is 0 Å². The molecule has 0 radical (unpaired) electrons. The zero-order valence-electron chi connectivity index (χ0n) is 15.3. The number of halogens is 1. The van der Waals surface area contributed by atoms with Gasteiger partial charge in [0.25, 0.3) is 0 Å². The van der Waals surface area contributed by atoms with Gasteiger partial charge in [-0.2, -0.15) is 0 Å². The largest absolute Gasteiger partial charge is 0.426 e. The van der Waals surface area contributed by atoms with Gasteiger partial charge in [-0.3, -0.25) is 24.1 Å². The summed E-state index contributed by atoms with van der Waals surface area (Å²) in [7, 11) is 0. The number of hydrogen-bond acceptors (Lipinski definition) is 5. The molecule has 148 valence electrons. The molecule has 29 heavy (non-hydrogen) atoms. The quantitative estimate of drug-likeness (QED) is 0.401. The number of benzene rings is 2. The van der Waals surface area contributed by atoms with Crippen LogP contribution in [0.15, 0.2) is 53.0 Å². The third-order valence-corrected chi connectivity index (χ3v) is 5.49. The molecule has 2 aliphatic heterocycles. The smallest absolute Gasteiger partial charge is 0.316 e. The maximum atomic E-state index is 12.5. The molecule has 0 aliphatic carbocycles. The van der Waals surface area contributed by atoms with Gasteiger partial charge in [-0.05, 0) is 48.5 Å². The summed E-state index contributed by atoms with van der Waals surface area (Å²) in [6, 6.07) is 13.5. The molecule has 8 heteroatoms. The topological polar surface area (TPSA) is 84.0 Å². The molecule has 2 heterocycles. The standard InChI is InChI=1S/C21H17BrN2O5/c22-14-1-3-15(4-2-14)23-12-13(11-20(23)27)21(28)29-17-7-5-16(6-8-17)24-18(25)9-10-19(24)26/h1-8,13H,9-12H2/t13-/m1/s1. The second-order valence-electron chi connectivity index (χ2n) is 6.92. The Balaban J connectivity index is 1.40. The number of carbonyl (C=O) groups is 4. The van der Waals surface area contributed by atoms with Crippen molar-refractivity contribution in [1.29, 1.82) is 0 Å². The summed E-state index contributed by atoms with van der Waals surface area (Å²) in [6.07, 6.45) is 0.504. The van der Waals surface area contributed by atoms with E-state index in [0.717, 1.165) is 15.1 Å². The third kappa shape index (κ3) is 3.93. The van der Waals surface area contributed by atoms with Crippen LogP contribution in [0.3, 0.4) is 0 Å². The van der Waals surface area contributed by atoms with Crippen LogP contribution in [0, 0.1) is 5.92 Å². The number of nitrogens with zero attached hydrogens (tertiary/aromatic N) is 2. The highest BCUT2D eigenvalue weighted by atomic mass is 79.9. The number of ether oxygens (including phenoxy) is 1. The highest BCUT2D eigenvalue weighted by molar-refractivity contribution is 9.10. The minimum atomic E-state index is -0.562. The molecule has 2 aromatic rings. The van der Waals surface area contributed by atoms with Gasteiger partial charge in [-0.15, -0.1) is 0 Å². The predicted octanol–water partition coefficient (Wildman–Crippen LogP) is 3.06. The van der Waals surface area contributed by atoms with Gasteiger partial charge in [0.05, 0.1) is 11.6 Å². The monoisotopic (exact) mass is 456 g/mol. The Kier molecular flexibility index (Phi) is 5.19. The SMILES string of the molecule is O=C(Oc1ccc(N2C(=O)CCC2=O)cc1)[C@@H]1CC(=O)N(c2ccc(Br)cc2)C1. The lowest BCUT2D eigenvalue weighted by molar-refractivity contribution is -0.139. The van der Waals surface area contributed by atoms with Crippen LogP contribution in [0.4, 0.5) is 11.4 Å². The van der Waals surface area contributed by atoms with E-state index in [1.165, 1.54) is 12.1 Å². The van der Waals surface area contributed by atoms with Gasteiger partial charge < -0.3 is 9.64 Å². The molecule has 2 saturated heterocycles. The average Bonchev–Trinajstić information content (AvgIpc) is 3.25. The van der Waals surface area contributed by atoms with Gasteiger partial charge in [-0.1, -0.05) is 15.9 Å². The lowest BCUT2D eigenvalue weighted by atomic mass is 10.1. The Morgan fingerprint density at radius 1 is 0.862 bits per heavy atom. The van der Waals surface area contributed by atoms with E-state index >= 15 is 0 Å². The van der Waals surface area contributed by atoms with E-state index in [0.29, 0.717) is 11.4 Å². The van der Waals surface area contributed by atoms with Crippen LogP contribution in [0.2, 0.25) is 0 Å². The summed E-state index contributed by atoms with van der Waals surface area (Å²) in [6.45, 7) is 0.258. The fourth-order valence-corrected chi connectivity index (χ4v) is 3.73. The molecule has 1 atom stereocenters. The summed E-state index contributed by atoms with van der Waals surface area (Å²) < 4.78 is 6.31. The molecule has 3 amide bonds. The zero-order chi connectivity index (χ0) is 20.5. The van der Waals surface area contributed by atoms with Crippen molar-refractivity contribution in [3.05, 3.63) is 53.0 Å². The number of carbonyl (C=O) groups excluding carboxylic acids is 4. The second kappa shape index (κ2) is 7.79. The van der Waals surface area contributed by atoms with Crippen molar-refractivity contribution < 1.29 is 23.9 Å². The molecule has 0 N–H and O–H groups in total. The molecule has 0 spiro atoms. The summed E-state index contributed by atoms with van der Waals surface area (Å²) in [5.41, 5.74) is 1.19. The van der Waals surface area contributed by atoms with E-state index in [-0.39, 0.29) is 43.5 Å².